The maximum Gasteiger partial charge on any atom is 0.338 e. The number of carbonyl (C=O) groups is 2. The van der Waals surface area contributed by atoms with Crippen LogP contribution in [0.4, 0.5) is 22.0 Å². The highest BCUT2D eigenvalue weighted by atomic mass is 19.2. The molecule has 11 aliphatic carbocycles. The lowest BCUT2D eigenvalue weighted by atomic mass is 9.50. The van der Waals surface area contributed by atoms with Gasteiger partial charge in [-0.1, -0.05) is 0 Å². The van der Waals surface area contributed by atoms with Crippen LogP contribution in [0.2, 0.25) is 0 Å². The maximum atomic E-state index is 16.1. The van der Waals surface area contributed by atoms with E-state index in [0.717, 1.165) is 42.2 Å². The smallest absolute Gasteiger partial charge is 0.338 e. The Morgan fingerprint density at radius 3 is 1.25 bits per heavy atom. The molecule has 0 amide bonds. The van der Waals surface area contributed by atoms with Crippen LogP contribution in [0.15, 0.2) is 11.3 Å². The molecular formula is C51H31F5O4. The molecule has 0 heterocycles. The molecule has 0 N–H and O–H groups in total. The van der Waals surface area contributed by atoms with Gasteiger partial charge in [0.1, 0.15) is 0 Å². The third-order valence-corrected chi connectivity index (χ3v) is 20.1. The minimum atomic E-state index is -2.32. The quantitative estimate of drug-likeness (QED) is 0.0587. The highest BCUT2D eigenvalue weighted by Crippen LogP contribution is 2.82. The summed E-state index contributed by atoms with van der Waals surface area (Å²) in [5.74, 6) is -11.7. The van der Waals surface area contributed by atoms with Gasteiger partial charge >= 0.3 is 5.97 Å². The molecule has 18 rings (SSSR count). The van der Waals surface area contributed by atoms with E-state index in [-0.39, 0.29) is 17.4 Å². The number of hydrogen-bond donors (Lipinski definition) is 0. The molecule has 10 unspecified atom stereocenters. The van der Waals surface area contributed by atoms with E-state index in [1.165, 1.54) is 79.9 Å². The van der Waals surface area contributed by atoms with E-state index in [0.29, 0.717) is 61.2 Å². The zero-order chi connectivity index (χ0) is 39.4. The average molecular weight is 803 g/mol. The summed E-state index contributed by atoms with van der Waals surface area (Å²) in [6, 6.07) is 0. The molecule has 0 saturated heterocycles. The van der Waals surface area contributed by atoms with E-state index in [4.69, 9.17) is 9.47 Å². The number of carbonyl (C=O) groups excluding carboxylic acids is 2. The van der Waals surface area contributed by atoms with Crippen LogP contribution >= 0.6 is 0 Å². The molecule has 11 aliphatic rings. The van der Waals surface area contributed by atoms with Crippen molar-refractivity contribution in [1.29, 1.82) is 0 Å². The average Bonchev–Trinajstić information content (AvgIpc) is 4.10. The predicted molar refractivity (Wildman–Crippen MR) is 210 cm³/mol. The summed E-state index contributed by atoms with van der Waals surface area (Å²) in [5, 5.41) is 13.8. The van der Waals surface area contributed by atoms with Gasteiger partial charge in [0, 0.05) is 5.41 Å². The fourth-order valence-electron chi connectivity index (χ4n) is 19.1. The standard InChI is InChI=1S/C51H31F5O4/c1-59-49(58)40-46(60-47-44(55)42(53)41(52)43(54)45(47)56)48(57)51-11-9-19-17-7-5-15-13-3-2-12-14-4-6-16-18-8-10-50(40,51)38-26(18)30-24(16)22(14)28-20(12)21(13)29-23(15)25(17)31-27(19)39(51)37(38)36-34(30)32(28)33(29)35(31)36/h12-19H,2-11H2,1H3. The van der Waals surface area contributed by atoms with Crippen molar-refractivity contribution in [3.63, 3.8) is 0 Å². The lowest BCUT2D eigenvalue weighted by molar-refractivity contribution is -0.137. The molecule has 10 atom stereocenters. The molecule has 2 spiro atoms. The van der Waals surface area contributed by atoms with Crippen LogP contribution in [0.25, 0.3) is 53.9 Å². The lowest BCUT2D eigenvalue weighted by Crippen LogP contribution is -2.52. The molecule has 0 aromatic heterocycles. The van der Waals surface area contributed by atoms with E-state index in [9.17, 15) is 18.0 Å². The van der Waals surface area contributed by atoms with Gasteiger partial charge in [0.2, 0.25) is 40.6 Å². The summed E-state index contributed by atoms with van der Waals surface area (Å²) in [7, 11) is 1.22. The maximum absolute atomic E-state index is 16.1. The van der Waals surface area contributed by atoms with Crippen molar-refractivity contribution >= 4 is 65.6 Å². The first-order valence-electron chi connectivity index (χ1n) is 22.2. The van der Waals surface area contributed by atoms with Crippen LogP contribution in [0.3, 0.4) is 0 Å². The predicted octanol–water partition coefficient (Wildman–Crippen LogP) is 11.7. The van der Waals surface area contributed by atoms with Crippen LogP contribution in [0.1, 0.15) is 167 Å². The minimum absolute atomic E-state index is 0.131. The highest BCUT2D eigenvalue weighted by Gasteiger charge is 2.76. The van der Waals surface area contributed by atoms with Crippen LogP contribution in [0.5, 0.6) is 5.75 Å². The number of methoxy groups -OCH3 is 1. The number of rotatable bonds is 3. The molecule has 60 heavy (non-hydrogen) atoms. The van der Waals surface area contributed by atoms with Gasteiger partial charge in [-0.05, 0) is 221 Å². The number of ether oxygens (including phenoxy) is 2. The normalized spacial score (nSPS) is 35.3. The fraction of sp³-hybridized carbons (Fsp3) is 0.412. The zero-order valence-corrected chi connectivity index (χ0v) is 32.2. The Kier molecular flexibility index (Phi) is 4.41. The highest BCUT2D eigenvalue weighted by molar-refractivity contribution is 6.49. The Labute approximate surface area is 337 Å². The molecule has 0 aliphatic heterocycles. The van der Waals surface area contributed by atoms with Gasteiger partial charge in [0.25, 0.3) is 0 Å². The summed E-state index contributed by atoms with van der Waals surface area (Å²) in [5.41, 5.74) is 11.2. The van der Waals surface area contributed by atoms with Gasteiger partial charge in [-0.2, -0.15) is 8.78 Å². The van der Waals surface area contributed by atoms with Gasteiger partial charge in [-0.25, -0.2) is 18.0 Å². The zero-order valence-electron chi connectivity index (χ0n) is 32.2. The van der Waals surface area contributed by atoms with Crippen molar-refractivity contribution in [2.75, 3.05) is 7.11 Å². The van der Waals surface area contributed by atoms with E-state index >= 15 is 13.6 Å². The van der Waals surface area contributed by atoms with E-state index < -0.39 is 63.2 Å². The monoisotopic (exact) mass is 802 g/mol. The third kappa shape index (κ3) is 2.38. The third-order valence-electron chi connectivity index (χ3n) is 20.1. The second kappa shape index (κ2) is 8.56. The number of halogens is 5. The second-order valence-electron chi connectivity index (χ2n) is 20.8. The largest absolute Gasteiger partial charge is 0.466 e. The Bertz CT molecular complexity index is 3520. The number of ketones is 1. The topological polar surface area (TPSA) is 52.6 Å². The first kappa shape index (κ1) is 30.9. The van der Waals surface area contributed by atoms with E-state index in [2.05, 4.69) is 0 Å². The second-order valence-corrected chi connectivity index (χ2v) is 20.8. The summed E-state index contributed by atoms with van der Waals surface area (Å²) in [6.07, 6.45) is 9.11. The molecular weight excluding hydrogens is 772 g/mol. The van der Waals surface area contributed by atoms with Crippen LogP contribution in [-0.4, -0.2) is 18.9 Å². The number of benzene rings is 6. The van der Waals surface area contributed by atoms with Crippen LogP contribution in [-0.2, 0) is 25.2 Å². The Balaban J connectivity index is 1.09. The molecule has 9 heteroatoms. The number of fused-ring (bicyclic) bond motifs is 4. The molecule has 7 aromatic rings. The van der Waals surface area contributed by atoms with Crippen molar-refractivity contribution in [2.24, 2.45) is 0 Å². The first-order valence-corrected chi connectivity index (χ1v) is 22.2. The molecule has 7 aromatic carbocycles. The van der Waals surface area contributed by atoms with Gasteiger partial charge in [-0.15, -0.1) is 0 Å². The van der Waals surface area contributed by atoms with Gasteiger partial charge in [0.15, 0.2) is 5.76 Å². The van der Waals surface area contributed by atoms with Crippen LogP contribution in [0, 0.1) is 29.1 Å². The molecule has 0 radical (unpaired) electrons. The molecule has 0 bridgehead atoms. The first-order chi connectivity index (χ1) is 29.2. The van der Waals surface area contributed by atoms with Crippen molar-refractivity contribution in [1.82, 2.24) is 0 Å². The number of Topliss-reactive ketones (excluding diaryl/α,β-unsaturated/α-hetero) is 1. The SMILES string of the molecule is COC(=O)C1=C(Oc2c(F)c(F)c(F)c(F)c2F)C(=O)C23CCC4c5c2c2c6c7c8c9c%10c%11c%12c%13c%14c%15c(c5c5c%14c%11c8c25)C4CCC%15C%13CCC%12C%10CCC9C7CCC163. The van der Waals surface area contributed by atoms with Gasteiger partial charge < -0.3 is 9.47 Å². The Morgan fingerprint density at radius 1 is 0.467 bits per heavy atom. The van der Waals surface area contributed by atoms with E-state index in [1.807, 2.05) is 0 Å². The Hall–Kier alpha value is -5.05. The lowest BCUT2D eigenvalue weighted by Gasteiger charge is -2.49. The number of allylic oxidation sites excluding steroid dienone is 1. The summed E-state index contributed by atoms with van der Waals surface area (Å²) < 4.78 is 86.8. The summed E-state index contributed by atoms with van der Waals surface area (Å²) >= 11 is 0. The summed E-state index contributed by atoms with van der Waals surface area (Å²) in [4.78, 5) is 30.9. The molecule has 294 valence electrons. The van der Waals surface area contributed by atoms with E-state index in [1.54, 1.807) is 33.0 Å². The number of hydrogen-bond acceptors (Lipinski definition) is 4. The molecule has 0 saturated carbocycles. The fourth-order valence-corrected chi connectivity index (χ4v) is 19.1. The van der Waals surface area contributed by atoms with Crippen molar-refractivity contribution in [3.8, 4) is 5.75 Å². The van der Waals surface area contributed by atoms with Crippen LogP contribution < -0.4 is 4.74 Å². The molecule has 0 fully saturated rings. The van der Waals surface area contributed by atoms with Crippen molar-refractivity contribution in [2.45, 2.75) is 122 Å². The number of esters is 1. The summed E-state index contributed by atoms with van der Waals surface area (Å²) in [6.45, 7) is 0. The van der Waals surface area contributed by atoms with Crippen molar-refractivity contribution in [3.05, 3.63) is 96.1 Å². The minimum Gasteiger partial charge on any atom is -0.466 e. The van der Waals surface area contributed by atoms with Crippen molar-refractivity contribution < 1.29 is 41.0 Å². The molecule has 4 nitrogen and oxygen atoms in total. The Morgan fingerprint density at radius 2 is 0.817 bits per heavy atom. The van der Waals surface area contributed by atoms with Gasteiger partial charge in [-0.3, -0.25) is 4.79 Å². The van der Waals surface area contributed by atoms with Gasteiger partial charge in [0.05, 0.1) is 18.1 Å².